The van der Waals surface area contributed by atoms with Crippen molar-refractivity contribution in [2.24, 2.45) is 7.05 Å². The number of hydrogen-bond donors (Lipinski definition) is 3. The Morgan fingerprint density at radius 2 is 2.19 bits per heavy atom. The number of nitrogens with two attached hydrogens (primary N) is 1. The number of ether oxygens (including phenoxy) is 3. The van der Waals surface area contributed by atoms with Crippen LogP contribution in [0.5, 0.6) is 0 Å². The lowest BCUT2D eigenvalue weighted by Crippen LogP contribution is -2.32. The first kappa shape index (κ1) is 18.5. The van der Waals surface area contributed by atoms with Crippen molar-refractivity contribution >= 4 is 25.4 Å². The second kappa shape index (κ2) is 6.36. The zero-order chi connectivity index (χ0) is 19.5. The zero-order valence-corrected chi connectivity index (χ0v) is 15.9. The molecule has 0 aromatic carbocycles. The number of imidazole rings is 1. The molecule has 0 amide bonds. The Morgan fingerprint density at radius 3 is 2.89 bits per heavy atom. The number of H-pyrrole nitrogens is 1. The molecule has 0 radical (unpaired) electrons. The number of hydrogen-bond acceptors (Lipinski definition) is 8. The average Bonchev–Trinajstić information content (AvgIpc) is 3.14. The van der Waals surface area contributed by atoms with Crippen molar-refractivity contribution in [1.82, 2.24) is 14.5 Å². The summed E-state index contributed by atoms with van der Waals surface area (Å²) < 4.78 is 36.9. The van der Waals surface area contributed by atoms with Gasteiger partial charge >= 0.3 is 13.8 Å². The van der Waals surface area contributed by atoms with Crippen molar-refractivity contribution in [2.45, 2.75) is 44.2 Å². The summed E-state index contributed by atoms with van der Waals surface area (Å²) >= 11 is 0. The van der Waals surface area contributed by atoms with Gasteiger partial charge in [0.25, 0.3) is 11.2 Å². The molecule has 12 nitrogen and oxygen atoms in total. The Hall–Kier alpha value is -1.82. The lowest BCUT2D eigenvalue weighted by atomic mass is 10.1. The van der Waals surface area contributed by atoms with Crippen LogP contribution in [0, 0.1) is 0 Å². The summed E-state index contributed by atoms with van der Waals surface area (Å²) in [5.74, 6) is -0.889. The van der Waals surface area contributed by atoms with Gasteiger partial charge in [0.2, 0.25) is 18.5 Å². The van der Waals surface area contributed by atoms with Gasteiger partial charge in [-0.05, 0) is 13.8 Å². The molecule has 0 spiro atoms. The lowest BCUT2D eigenvalue weighted by molar-refractivity contribution is -0.646. The van der Waals surface area contributed by atoms with Crippen molar-refractivity contribution < 1.29 is 32.8 Å². The van der Waals surface area contributed by atoms with Crippen molar-refractivity contribution in [2.75, 3.05) is 12.3 Å². The first-order chi connectivity index (χ1) is 12.7. The molecular formula is C14H21N5O7P+. The molecule has 2 saturated heterocycles. The Morgan fingerprint density at radius 1 is 1.48 bits per heavy atom. The highest BCUT2D eigenvalue weighted by atomic mass is 31.1. The van der Waals surface area contributed by atoms with Gasteiger partial charge in [0.1, 0.15) is 12.2 Å². The molecule has 0 bridgehead atoms. The summed E-state index contributed by atoms with van der Waals surface area (Å²) in [5.41, 5.74) is 5.96. The highest BCUT2D eigenvalue weighted by Gasteiger charge is 2.58. The number of aromatic amines is 1. The first-order valence-corrected chi connectivity index (χ1v) is 9.55. The van der Waals surface area contributed by atoms with Crippen LogP contribution in [0.4, 0.5) is 5.95 Å². The molecule has 2 aromatic rings. The van der Waals surface area contributed by atoms with Gasteiger partial charge in [-0.3, -0.25) is 14.3 Å². The number of anilines is 1. The topological polar surface area (TPSA) is 155 Å². The van der Waals surface area contributed by atoms with Crippen LogP contribution < -0.4 is 15.9 Å². The zero-order valence-electron chi connectivity index (χ0n) is 14.9. The molecule has 2 aliphatic rings. The fourth-order valence-corrected chi connectivity index (χ4v) is 3.93. The summed E-state index contributed by atoms with van der Waals surface area (Å²) in [7, 11) is -1.41. The van der Waals surface area contributed by atoms with E-state index in [1.165, 1.54) is 0 Å². The number of aryl methyl sites for hydroxylation is 1. The molecule has 0 aliphatic carbocycles. The second-order valence-electron chi connectivity index (χ2n) is 6.96. The van der Waals surface area contributed by atoms with Crippen LogP contribution >= 0.6 is 8.25 Å². The third-order valence-electron chi connectivity index (χ3n) is 4.56. The van der Waals surface area contributed by atoms with Crippen molar-refractivity contribution in [3.05, 3.63) is 16.7 Å². The number of nitrogens with one attached hydrogen (secondary N) is 1. The number of rotatable bonds is 4. The summed E-state index contributed by atoms with van der Waals surface area (Å²) in [4.78, 5) is 27.9. The van der Waals surface area contributed by atoms with Gasteiger partial charge in [-0.25, -0.2) is 4.57 Å². The van der Waals surface area contributed by atoms with Crippen LogP contribution in [0.25, 0.3) is 11.2 Å². The van der Waals surface area contributed by atoms with Gasteiger partial charge < -0.3 is 29.4 Å². The Kier molecular flexibility index (Phi) is 4.37. The van der Waals surface area contributed by atoms with E-state index in [2.05, 4.69) is 9.97 Å². The fraction of sp³-hybridized carbons (Fsp3) is 0.643. The normalized spacial score (nSPS) is 30.7. The summed E-state index contributed by atoms with van der Waals surface area (Å²) in [6.45, 7) is 3.40. The van der Waals surface area contributed by atoms with E-state index in [9.17, 15) is 9.36 Å². The predicted octanol–water partition coefficient (Wildman–Crippen LogP) is -1.05. The standard InChI is InChI=1S/C14H20N5O7P/c1-14(2)25-8-6(4-23-27(21)22)24-12(9(8)26-14)19-5-18(3)7-10(19)16-13(15)17-11(7)20/h5-6,8-9,12,27H,4H2,1-3H3,(H3-,15,16,17,20,21,22)/p+1. The number of fused-ring (bicyclic) bond motifs is 2. The molecule has 2 aliphatic heterocycles. The van der Waals surface area contributed by atoms with Gasteiger partial charge in [0, 0.05) is 0 Å². The molecule has 4 N–H and O–H groups in total. The molecule has 5 atom stereocenters. The van der Waals surface area contributed by atoms with Crippen molar-refractivity contribution in [3.63, 3.8) is 0 Å². The molecule has 2 fully saturated rings. The monoisotopic (exact) mass is 402 g/mol. The minimum atomic E-state index is -3.11. The SMILES string of the molecule is C[n+]1cn(C2OC(CO[PH](=O)O)C3OC(C)(C)OC32)c2nc(N)[nH]c(=O)c21. The van der Waals surface area contributed by atoms with Crippen LogP contribution in [0.15, 0.2) is 11.1 Å². The molecular weight excluding hydrogens is 381 g/mol. The first-order valence-electron chi connectivity index (χ1n) is 8.29. The molecule has 4 rings (SSSR count). The number of aromatic nitrogens is 4. The molecule has 4 heterocycles. The third kappa shape index (κ3) is 3.18. The molecule has 0 saturated carbocycles. The third-order valence-corrected chi connectivity index (χ3v) is 4.97. The highest BCUT2D eigenvalue weighted by molar-refractivity contribution is 7.32. The van der Waals surface area contributed by atoms with Crippen molar-refractivity contribution in [1.29, 1.82) is 0 Å². The minimum Gasteiger partial charge on any atom is -0.369 e. The van der Waals surface area contributed by atoms with Gasteiger partial charge in [-0.15, -0.1) is 0 Å². The van der Waals surface area contributed by atoms with Crippen LogP contribution in [0.2, 0.25) is 0 Å². The molecule has 13 heteroatoms. The van der Waals surface area contributed by atoms with Gasteiger partial charge in [0.15, 0.2) is 11.9 Å². The van der Waals surface area contributed by atoms with Crippen LogP contribution in [-0.2, 0) is 30.3 Å². The quantitative estimate of drug-likeness (QED) is 0.429. The van der Waals surface area contributed by atoms with Crippen molar-refractivity contribution in [3.8, 4) is 0 Å². The summed E-state index contributed by atoms with van der Waals surface area (Å²) in [6, 6.07) is 0. The molecule has 5 unspecified atom stereocenters. The second-order valence-corrected chi connectivity index (χ2v) is 7.78. The average molecular weight is 402 g/mol. The predicted molar refractivity (Wildman–Crippen MR) is 90.8 cm³/mol. The van der Waals surface area contributed by atoms with E-state index in [-0.39, 0.29) is 18.1 Å². The van der Waals surface area contributed by atoms with E-state index in [0.29, 0.717) is 11.2 Å². The molecule has 148 valence electrons. The van der Waals surface area contributed by atoms with Crippen LogP contribution in [-0.4, -0.2) is 50.1 Å². The van der Waals surface area contributed by atoms with E-state index < -0.39 is 38.6 Å². The van der Waals surface area contributed by atoms with Gasteiger partial charge in [-0.2, -0.15) is 9.55 Å². The maximum Gasteiger partial charge on any atom is 0.316 e. The minimum absolute atomic E-state index is 0.0234. The smallest absolute Gasteiger partial charge is 0.316 e. The van der Waals surface area contributed by atoms with E-state index >= 15 is 0 Å². The Labute approximate surface area is 153 Å². The molecule has 27 heavy (non-hydrogen) atoms. The van der Waals surface area contributed by atoms with E-state index in [1.807, 2.05) is 0 Å². The lowest BCUT2D eigenvalue weighted by Gasteiger charge is -2.22. The van der Waals surface area contributed by atoms with E-state index in [1.54, 1.807) is 36.4 Å². The van der Waals surface area contributed by atoms with Crippen LogP contribution in [0.3, 0.4) is 0 Å². The number of nitrogens with zero attached hydrogens (tertiary/aromatic N) is 3. The molecule has 2 aromatic heterocycles. The van der Waals surface area contributed by atoms with Gasteiger partial charge in [0.05, 0.1) is 13.7 Å². The van der Waals surface area contributed by atoms with Gasteiger partial charge in [-0.1, -0.05) is 0 Å². The Bertz CT molecular complexity index is 973. The Balaban J connectivity index is 1.76. The maximum absolute atomic E-state index is 12.2. The van der Waals surface area contributed by atoms with Crippen LogP contribution in [0.1, 0.15) is 20.1 Å². The summed E-state index contributed by atoms with van der Waals surface area (Å²) in [5, 5.41) is 0. The van der Waals surface area contributed by atoms with E-state index in [4.69, 9.17) is 29.4 Å². The maximum atomic E-state index is 12.2. The number of nitrogen functional groups attached to an aromatic ring is 1. The summed E-state index contributed by atoms with van der Waals surface area (Å²) in [6.07, 6.45) is -0.726. The van der Waals surface area contributed by atoms with E-state index in [0.717, 1.165) is 0 Å². The fourth-order valence-electron chi connectivity index (χ4n) is 3.63. The highest BCUT2D eigenvalue weighted by Crippen LogP contribution is 2.44. The largest absolute Gasteiger partial charge is 0.369 e.